The van der Waals surface area contributed by atoms with Crippen LogP contribution < -0.4 is 10.2 Å². The number of imidazole rings is 1. The number of carbonyl (C=O) groups is 1. The summed E-state index contributed by atoms with van der Waals surface area (Å²) in [4.78, 5) is 16.7. The second kappa shape index (κ2) is 7.31. The molecule has 23 heavy (non-hydrogen) atoms. The van der Waals surface area contributed by atoms with Gasteiger partial charge in [-0.05, 0) is 6.04 Å². The molecular weight excluding hydrogens is 319 g/mol. The Kier molecular flexibility index (Phi) is 5.63. The molecule has 1 aromatic rings. The molecule has 9 heteroatoms. The van der Waals surface area contributed by atoms with E-state index in [1.807, 2.05) is 4.57 Å². The van der Waals surface area contributed by atoms with Crippen molar-refractivity contribution in [3.05, 3.63) is 12.4 Å². The largest absolute Gasteiger partial charge is 0.465 e. The fourth-order valence-corrected chi connectivity index (χ4v) is 3.21. The van der Waals surface area contributed by atoms with Crippen molar-refractivity contribution < 1.29 is 19.0 Å². The molecule has 0 bridgehead atoms. The van der Waals surface area contributed by atoms with Gasteiger partial charge >= 0.3 is 6.09 Å². The number of ether oxygens (including phenoxy) is 1. The van der Waals surface area contributed by atoms with Crippen molar-refractivity contribution in [3.8, 4) is 0 Å². The molecule has 2 rings (SSSR count). The molecule has 2 N–H and O–H groups in total. The quantitative estimate of drug-likeness (QED) is 0.584. The first-order valence-electron chi connectivity index (χ1n) is 7.73. The van der Waals surface area contributed by atoms with E-state index in [-0.39, 0.29) is 13.1 Å². The van der Waals surface area contributed by atoms with E-state index < -0.39 is 26.4 Å². The number of rotatable bonds is 7. The molecule has 0 unspecified atom stereocenters. The first-order valence-corrected chi connectivity index (χ1v) is 11.4. The van der Waals surface area contributed by atoms with Gasteiger partial charge in [0.05, 0.1) is 12.6 Å². The van der Waals surface area contributed by atoms with Gasteiger partial charge in [-0.2, -0.15) is 0 Å². The SMILES string of the molecule is C[Si](C)(C)CCOCn1ccnc1N1C[C@H](NC(=O)O)[C@@H](F)C1. The third kappa shape index (κ3) is 5.21. The molecule has 7 nitrogen and oxygen atoms in total. The zero-order valence-corrected chi connectivity index (χ0v) is 14.8. The Balaban J connectivity index is 1.90. The van der Waals surface area contributed by atoms with Crippen LogP contribution in [0.2, 0.25) is 25.7 Å². The van der Waals surface area contributed by atoms with Crippen LogP contribution >= 0.6 is 0 Å². The summed E-state index contributed by atoms with van der Waals surface area (Å²) in [7, 11) is -1.13. The molecular formula is C14H25FN4O3Si. The van der Waals surface area contributed by atoms with Gasteiger partial charge in [-0.15, -0.1) is 0 Å². The molecule has 1 fully saturated rings. The normalized spacial score (nSPS) is 21.7. The van der Waals surface area contributed by atoms with Gasteiger partial charge in [0.2, 0.25) is 5.95 Å². The summed E-state index contributed by atoms with van der Waals surface area (Å²) in [6.45, 7) is 8.32. The zero-order chi connectivity index (χ0) is 17.0. The highest BCUT2D eigenvalue weighted by molar-refractivity contribution is 6.76. The number of hydrogen-bond acceptors (Lipinski definition) is 4. The fourth-order valence-electron chi connectivity index (χ4n) is 2.45. The highest BCUT2D eigenvalue weighted by Crippen LogP contribution is 2.21. The number of hydrogen-bond donors (Lipinski definition) is 2. The lowest BCUT2D eigenvalue weighted by atomic mass is 10.2. The molecule has 1 amide bonds. The monoisotopic (exact) mass is 344 g/mol. The van der Waals surface area contributed by atoms with Gasteiger partial charge in [0.1, 0.15) is 12.9 Å². The van der Waals surface area contributed by atoms with Crippen molar-refractivity contribution in [2.24, 2.45) is 0 Å². The van der Waals surface area contributed by atoms with Crippen LogP contribution in [0.1, 0.15) is 0 Å². The van der Waals surface area contributed by atoms with Crippen molar-refractivity contribution in [2.45, 2.75) is 44.6 Å². The number of alkyl halides is 1. The number of aromatic nitrogens is 2. The van der Waals surface area contributed by atoms with Crippen molar-refractivity contribution in [2.75, 3.05) is 24.6 Å². The van der Waals surface area contributed by atoms with Crippen LogP contribution in [0.25, 0.3) is 0 Å². The summed E-state index contributed by atoms with van der Waals surface area (Å²) in [5.74, 6) is 0.607. The van der Waals surface area contributed by atoms with Crippen LogP contribution in [-0.4, -0.2) is 60.7 Å². The maximum Gasteiger partial charge on any atom is 0.405 e. The van der Waals surface area contributed by atoms with Crippen LogP contribution in [0.3, 0.4) is 0 Å². The molecule has 1 aromatic heterocycles. The number of nitrogens with one attached hydrogen (secondary N) is 1. The second-order valence-electron chi connectivity index (χ2n) is 7.02. The van der Waals surface area contributed by atoms with Gasteiger partial charge in [-0.25, -0.2) is 14.2 Å². The highest BCUT2D eigenvalue weighted by atomic mass is 28.3. The van der Waals surface area contributed by atoms with Gasteiger partial charge in [0.25, 0.3) is 0 Å². The summed E-state index contributed by atoms with van der Waals surface area (Å²) in [6, 6.07) is 0.350. The van der Waals surface area contributed by atoms with Gasteiger partial charge < -0.3 is 20.1 Å². The topological polar surface area (TPSA) is 79.6 Å². The second-order valence-corrected chi connectivity index (χ2v) is 12.6. The number of carboxylic acid groups (broad SMARTS) is 1. The van der Waals surface area contributed by atoms with E-state index >= 15 is 0 Å². The van der Waals surface area contributed by atoms with E-state index in [0.717, 1.165) is 6.04 Å². The fraction of sp³-hybridized carbons (Fsp3) is 0.714. The Bertz CT molecular complexity index is 534. The van der Waals surface area contributed by atoms with Crippen LogP contribution in [0.15, 0.2) is 12.4 Å². The number of halogens is 1. The Morgan fingerprint density at radius 2 is 2.26 bits per heavy atom. The van der Waals surface area contributed by atoms with Gasteiger partial charge in [-0.3, -0.25) is 4.57 Å². The molecule has 1 aliphatic heterocycles. The van der Waals surface area contributed by atoms with Crippen molar-refractivity contribution in [1.29, 1.82) is 0 Å². The number of nitrogens with zero attached hydrogens (tertiary/aromatic N) is 3. The van der Waals surface area contributed by atoms with Crippen LogP contribution in [0.5, 0.6) is 0 Å². The van der Waals surface area contributed by atoms with Crippen molar-refractivity contribution in [1.82, 2.24) is 14.9 Å². The zero-order valence-electron chi connectivity index (χ0n) is 13.8. The predicted molar refractivity (Wildman–Crippen MR) is 88.4 cm³/mol. The van der Waals surface area contributed by atoms with E-state index in [1.165, 1.54) is 0 Å². The van der Waals surface area contributed by atoms with Crippen LogP contribution in [0.4, 0.5) is 15.1 Å². The Labute approximate surface area is 136 Å². The van der Waals surface area contributed by atoms with E-state index in [9.17, 15) is 9.18 Å². The minimum absolute atomic E-state index is 0.122. The summed E-state index contributed by atoms with van der Waals surface area (Å²) < 4.78 is 21.4. The number of anilines is 1. The van der Waals surface area contributed by atoms with Crippen LogP contribution in [-0.2, 0) is 11.5 Å². The third-order valence-corrected chi connectivity index (χ3v) is 5.46. The molecule has 1 aliphatic rings. The van der Waals surface area contributed by atoms with Crippen molar-refractivity contribution in [3.63, 3.8) is 0 Å². The Morgan fingerprint density at radius 3 is 2.91 bits per heavy atom. The molecule has 0 spiro atoms. The summed E-state index contributed by atoms with van der Waals surface area (Å²) >= 11 is 0. The number of amides is 1. The molecule has 2 atom stereocenters. The van der Waals surface area contributed by atoms with Crippen molar-refractivity contribution >= 4 is 20.1 Å². The standard InChI is InChI=1S/C14H25FN4O3Si/c1-23(2,3)7-6-22-10-18-5-4-16-13(18)19-8-11(15)12(9-19)17-14(20)21/h4-5,11-12,17H,6-10H2,1-3H3,(H,20,21)/t11-,12-/m0/s1. The average Bonchev–Trinajstić information content (AvgIpc) is 3.00. The summed E-state index contributed by atoms with van der Waals surface area (Å²) in [5.41, 5.74) is 0. The Morgan fingerprint density at radius 1 is 1.52 bits per heavy atom. The lowest BCUT2D eigenvalue weighted by Gasteiger charge is -2.20. The lowest BCUT2D eigenvalue weighted by molar-refractivity contribution is 0.0879. The van der Waals surface area contributed by atoms with Gasteiger partial charge in [0, 0.05) is 33.6 Å². The lowest BCUT2D eigenvalue weighted by Crippen LogP contribution is -2.40. The summed E-state index contributed by atoms with van der Waals surface area (Å²) in [6.07, 6.45) is 0.971. The van der Waals surface area contributed by atoms with Gasteiger partial charge in [0.15, 0.2) is 0 Å². The Hall–Kier alpha value is -1.61. The first kappa shape index (κ1) is 17.7. The minimum atomic E-state index is -1.25. The third-order valence-electron chi connectivity index (χ3n) is 3.76. The molecule has 1 saturated heterocycles. The van der Waals surface area contributed by atoms with E-state index in [2.05, 4.69) is 29.9 Å². The van der Waals surface area contributed by atoms with E-state index in [0.29, 0.717) is 19.3 Å². The van der Waals surface area contributed by atoms with E-state index in [4.69, 9.17) is 9.84 Å². The first-order chi connectivity index (χ1) is 10.8. The molecule has 0 aromatic carbocycles. The van der Waals surface area contributed by atoms with Crippen LogP contribution in [0, 0.1) is 0 Å². The maximum absolute atomic E-state index is 13.9. The molecule has 0 saturated carbocycles. The maximum atomic E-state index is 13.9. The minimum Gasteiger partial charge on any atom is -0.465 e. The predicted octanol–water partition coefficient (Wildman–Crippen LogP) is 1.99. The molecule has 130 valence electrons. The average molecular weight is 344 g/mol. The highest BCUT2D eigenvalue weighted by Gasteiger charge is 2.35. The summed E-state index contributed by atoms with van der Waals surface area (Å²) in [5, 5.41) is 10.9. The van der Waals surface area contributed by atoms with Gasteiger partial charge in [-0.1, -0.05) is 19.6 Å². The molecule has 0 aliphatic carbocycles. The van der Waals surface area contributed by atoms with E-state index in [1.54, 1.807) is 17.3 Å². The molecule has 2 heterocycles. The smallest absolute Gasteiger partial charge is 0.405 e. The molecule has 0 radical (unpaired) electrons.